The number of carbonyl (C=O) groups excluding carboxylic acids is 1. The quantitative estimate of drug-likeness (QED) is 0.857. The summed E-state index contributed by atoms with van der Waals surface area (Å²) in [7, 11) is 0. The van der Waals surface area contributed by atoms with Crippen molar-refractivity contribution in [1.82, 2.24) is 0 Å². The predicted molar refractivity (Wildman–Crippen MR) is 75.0 cm³/mol. The molecule has 5 nitrogen and oxygen atoms in total. The van der Waals surface area contributed by atoms with Gasteiger partial charge in [-0.05, 0) is 44.9 Å². The standard InChI is InChI=1S/C15H19NO4/c1-9-6-5-7-11-10(9)8-12(13(17)18)16(11)14(19)20-15(2,3)4/h5-7,12H,8H2,1-4H3,(H,17,18). The van der Waals surface area contributed by atoms with Gasteiger partial charge in [-0.1, -0.05) is 12.1 Å². The van der Waals surface area contributed by atoms with Crippen LogP contribution in [0.5, 0.6) is 0 Å². The number of amides is 1. The van der Waals surface area contributed by atoms with Crippen LogP contribution in [0.2, 0.25) is 0 Å². The Labute approximate surface area is 118 Å². The molecule has 1 aliphatic heterocycles. The van der Waals surface area contributed by atoms with Crippen molar-refractivity contribution in [2.75, 3.05) is 4.90 Å². The maximum atomic E-state index is 12.3. The molecule has 1 amide bonds. The summed E-state index contributed by atoms with van der Waals surface area (Å²) in [4.78, 5) is 24.9. The van der Waals surface area contributed by atoms with Gasteiger partial charge in [0, 0.05) is 6.42 Å². The number of anilines is 1. The highest BCUT2D eigenvalue weighted by Crippen LogP contribution is 2.35. The van der Waals surface area contributed by atoms with Gasteiger partial charge < -0.3 is 9.84 Å². The number of fused-ring (bicyclic) bond motifs is 1. The number of aliphatic carboxylic acids is 1. The van der Waals surface area contributed by atoms with Crippen molar-refractivity contribution in [2.24, 2.45) is 0 Å². The van der Waals surface area contributed by atoms with Crippen molar-refractivity contribution >= 4 is 17.7 Å². The summed E-state index contributed by atoms with van der Waals surface area (Å²) in [5, 5.41) is 9.34. The van der Waals surface area contributed by atoms with E-state index in [1.165, 1.54) is 4.90 Å². The largest absolute Gasteiger partial charge is 0.480 e. The highest BCUT2D eigenvalue weighted by molar-refractivity contribution is 5.98. The first-order chi connectivity index (χ1) is 9.20. The van der Waals surface area contributed by atoms with Crippen LogP contribution in [0.15, 0.2) is 18.2 Å². The lowest BCUT2D eigenvalue weighted by Gasteiger charge is -2.27. The van der Waals surface area contributed by atoms with Crippen LogP contribution in [0.1, 0.15) is 31.9 Å². The van der Waals surface area contributed by atoms with E-state index in [1.54, 1.807) is 26.8 Å². The number of ether oxygens (including phenoxy) is 1. The Morgan fingerprint density at radius 1 is 1.35 bits per heavy atom. The number of hydrogen-bond acceptors (Lipinski definition) is 3. The van der Waals surface area contributed by atoms with Crippen molar-refractivity contribution in [3.05, 3.63) is 29.3 Å². The van der Waals surface area contributed by atoms with Gasteiger partial charge in [0.15, 0.2) is 0 Å². The summed E-state index contributed by atoms with van der Waals surface area (Å²) in [5.74, 6) is -1.02. The molecule has 1 aromatic rings. The van der Waals surface area contributed by atoms with E-state index in [-0.39, 0.29) is 0 Å². The third kappa shape index (κ3) is 2.61. The van der Waals surface area contributed by atoms with E-state index >= 15 is 0 Å². The fourth-order valence-corrected chi connectivity index (χ4v) is 2.37. The second kappa shape index (κ2) is 4.81. The number of nitrogens with zero attached hydrogens (tertiary/aromatic N) is 1. The van der Waals surface area contributed by atoms with E-state index in [2.05, 4.69) is 0 Å². The van der Waals surface area contributed by atoms with Gasteiger partial charge in [0.2, 0.25) is 0 Å². The van der Waals surface area contributed by atoms with Crippen LogP contribution in [0.3, 0.4) is 0 Å². The highest BCUT2D eigenvalue weighted by Gasteiger charge is 2.41. The summed E-state index contributed by atoms with van der Waals surface area (Å²) in [5.41, 5.74) is 1.85. The van der Waals surface area contributed by atoms with Crippen molar-refractivity contribution in [3.63, 3.8) is 0 Å². The Kier molecular flexibility index (Phi) is 3.46. The van der Waals surface area contributed by atoms with Crippen LogP contribution in [-0.4, -0.2) is 28.8 Å². The molecule has 1 unspecified atom stereocenters. The Bertz CT molecular complexity index is 559. The molecule has 0 saturated carbocycles. The minimum absolute atomic E-state index is 0.316. The van der Waals surface area contributed by atoms with E-state index in [4.69, 9.17) is 4.74 Å². The molecule has 1 aromatic carbocycles. The molecule has 2 rings (SSSR count). The maximum Gasteiger partial charge on any atom is 0.415 e. The fraction of sp³-hybridized carbons (Fsp3) is 0.467. The minimum atomic E-state index is -1.02. The number of carboxylic acids is 1. The van der Waals surface area contributed by atoms with Gasteiger partial charge in [0.1, 0.15) is 11.6 Å². The van der Waals surface area contributed by atoms with Crippen LogP contribution >= 0.6 is 0 Å². The molecule has 1 N–H and O–H groups in total. The second-order valence-electron chi connectivity index (χ2n) is 5.98. The number of carbonyl (C=O) groups is 2. The molecule has 0 spiro atoms. The van der Waals surface area contributed by atoms with Crippen molar-refractivity contribution in [2.45, 2.75) is 45.8 Å². The lowest BCUT2D eigenvalue weighted by Crippen LogP contribution is -2.45. The molecule has 108 valence electrons. The monoisotopic (exact) mass is 277 g/mol. The number of benzene rings is 1. The van der Waals surface area contributed by atoms with Gasteiger partial charge in [0.25, 0.3) is 0 Å². The third-order valence-electron chi connectivity index (χ3n) is 3.23. The van der Waals surface area contributed by atoms with Gasteiger partial charge in [-0.2, -0.15) is 0 Å². The first-order valence-electron chi connectivity index (χ1n) is 6.54. The lowest BCUT2D eigenvalue weighted by molar-refractivity contribution is -0.138. The minimum Gasteiger partial charge on any atom is -0.480 e. The number of carboxylic acid groups (broad SMARTS) is 1. The van der Waals surface area contributed by atoms with Crippen molar-refractivity contribution < 1.29 is 19.4 Å². The van der Waals surface area contributed by atoms with Crippen molar-refractivity contribution in [1.29, 1.82) is 0 Å². The topological polar surface area (TPSA) is 66.8 Å². The molecule has 1 aliphatic rings. The Balaban J connectivity index is 2.41. The molecule has 20 heavy (non-hydrogen) atoms. The summed E-state index contributed by atoms with van der Waals surface area (Å²) in [6.07, 6.45) is -0.300. The zero-order valence-electron chi connectivity index (χ0n) is 12.1. The molecule has 5 heteroatoms. The predicted octanol–water partition coefficient (Wildman–Crippen LogP) is 2.75. The summed E-state index contributed by atoms with van der Waals surface area (Å²) in [6, 6.07) is 4.59. The smallest absolute Gasteiger partial charge is 0.415 e. The van der Waals surface area contributed by atoms with Gasteiger partial charge in [-0.3, -0.25) is 4.90 Å². The second-order valence-corrected chi connectivity index (χ2v) is 5.98. The van der Waals surface area contributed by atoms with E-state index in [9.17, 15) is 14.7 Å². The molecule has 0 aromatic heterocycles. The van der Waals surface area contributed by atoms with Gasteiger partial charge in [-0.15, -0.1) is 0 Å². The van der Waals surface area contributed by atoms with E-state index in [0.717, 1.165) is 11.1 Å². The fourth-order valence-electron chi connectivity index (χ4n) is 2.37. The zero-order chi connectivity index (χ0) is 15.1. The molecular weight excluding hydrogens is 258 g/mol. The number of aryl methyl sites for hydroxylation is 1. The molecule has 0 fully saturated rings. The average Bonchev–Trinajstić information content (AvgIpc) is 2.67. The molecule has 1 heterocycles. The van der Waals surface area contributed by atoms with E-state index < -0.39 is 23.7 Å². The molecule has 0 bridgehead atoms. The third-order valence-corrected chi connectivity index (χ3v) is 3.23. The lowest BCUT2D eigenvalue weighted by atomic mass is 10.0. The SMILES string of the molecule is Cc1cccc2c1CC(C(=O)O)N2C(=O)OC(C)(C)C. The van der Waals surface area contributed by atoms with Crippen LogP contribution in [0.4, 0.5) is 10.5 Å². The number of hydrogen-bond donors (Lipinski definition) is 1. The van der Waals surface area contributed by atoms with Crippen molar-refractivity contribution in [3.8, 4) is 0 Å². The van der Waals surface area contributed by atoms with E-state index in [0.29, 0.717) is 12.1 Å². The Hall–Kier alpha value is -2.04. The molecule has 0 radical (unpaired) electrons. The summed E-state index contributed by atoms with van der Waals surface area (Å²) < 4.78 is 5.32. The Morgan fingerprint density at radius 3 is 2.55 bits per heavy atom. The van der Waals surface area contributed by atoms with Crippen LogP contribution in [0, 0.1) is 6.92 Å². The average molecular weight is 277 g/mol. The Morgan fingerprint density at radius 2 is 2.00 bits per heavy atom. The van der Waals surface area contributed by atoms with Crippen LogP contribution in [-0.2, 0) is 16.0 Å². The molecular formula is C15H19NO4. The molecule has 0 aliphatic carbocycles. The molecule has 0 saturated heterocycles. The molecule has 1 atom stereocenters. The zero-order valence-corrected chi connectivity index (χ0v) is 12.1. The first kappa shape index (κ1) is 14.4. The van der Waals surface area contributed by atoms with Gasteiger partial charge in [-0.25, -0.2) is 9.59 Å². The highest BCUT2D eigenvalue weighted by atomic mass is 16.6. The normalized spacial score (nSPS) is 17.8. The van der Waals surface area contributed by atoms with Gasteiger partial charge >= 0.3 is 12.1 Å². The maximum absolute atomic E-state index is 12.3. The summed E-state index contributed by atoms with van der Waals surface area (Å²) in [6.45, 7) is 7.19. The van der Waals surface area contributed by atoms with Crippen LogP contribution in [0.25, 0.3) is 0 Å². The van der Waals surface area contributed by atoms with E-state index in [1.807, 2.05) is 19.1 Å². The summed E-state index contributed by atoms with van der Waals surface area (Å²) >= 11 is 0. The van der Waals surface area contributed by atoms with Crippen LogP contribution < -0.4 is 4.90 Å². The first-order valence-corrected chi connectivity index (χ1v) is 6.54. The van der Waals surface area contributed by atoms with Gasteiger partial charge in [0.05, 0.1) is 5.69 Å². The number of rotatable bonds is 1.